The molecule has 0 radical (unpaired) electrons. The van der Waals surface area contributed by atoms with E-state index < -0.39 is 4.92 Å². The highest BCUT2D eigenvalue weighted by Gasteiger charge is 2.36. The molecule has 1 aliphatic carbocycles. The molecule has 0 atom stereocenters. The number of nitro benzene ring substituents is 1. The summed E-state index contributed by atoms with van der Waals surface area (Å²) in [5.74, 6) is 0. The first-order valence-corrected chi connectivity index (χ1v) is 5.75. The van der Waals surface area contributed by atoms with Crippen LogP contribution in [0.4, 0.5) is 11.4 Å². The molecule has 0 unspecified atom stereocenters. The average molecular weight is 236 g/mol. The number of nitrogens with zero attached hydrogens (tertiary/aromatic N) is 1. The van der Waals surface area contributed by atoms with E-state index in [2.05, 4.69) is 5.32 Å². The third-order valence-corrected chi connectivity index (χ3v) is 3.50. The van der Waals surface area contributed by atoms with Gasteiger partial charge in [0, 0.05) is 18.0 Å². The number of benzene rings is 1. The fraction of sp³-hybridized carbons (Fsp3) is 0.500. The van der Waals surface area contributed by atoms with Crippen molar-refractivity contribution in [2.75, 3.05) is 18.5 Å². The Hall–Kier alpha value is -1.62. The minimum absolute atomic E-state index is 0.0797. The lowest BCUT2D eigenvalue weighted by atomic mass is 9.69. The normalized spacial score (nSPS) is 17.2. The van der Waals surface area contributed by atoms with Gasteiger partial charge >= 0.3 is 0 Å². The highest BCUT2D eigenvalue weighted by atomic mass is 16.6. The Kier molecular flexibility index (Phi) is 3.28. The van der Waals surface area contributed by atoms with E-state index in [0.717, 1.165) is 19.3 Å². The number of aliphatic hydroxyl groups is 1. The zero-order valence-electron chi connectivity index (χ0n) is 9.56. The Morgan fingerprint density at radius 1 is 1.41 bits per heavy atom. The molecule has 0 heterocycles. The summed E-state index contributed by atoms with van der Waals surface area (Å²) in [5.41, 5.74) is 0.529. The monoisotopic (exact) mass is 236 g/mol. The fourth-order valence-corrected chi connectivity index (χ4v) is 2.13. The zero-order valence-corrected chi connectivity index (χ0v) is 9.56. The van der Waals surface area contributed by atoms with Gasteiger partial charge in [0.25, 0.3) is 5.69 Å². The SMILES string of the molecule is O=[N+]([O-])c1ccccc1NCC1(CO)CCC1. The molecule has 0 aliphatic heterocycles. The van der Waals surface area contributed by atoms with E-state index in [1.165, 1.54) is 6.07 Å². The summed E-state index contributed by atoms with van der Waals surface area (Å²) < 4.78 is 0. The van der Waals surface area contributed by atoms with Gasteiger partial charge in [-0.2, -0.15) is 0 Å². The number of nitrogens with one attached hydrogen (secondary N) is 1. The molecule has 0 bridgehead atoms. The number of para-hydroxylation sites is 2. The molecule has 5 nitrogen and oxygen atoms in total. The predicted octanol–water partition coefficient (Wildman–Crippen LogP) is 2.17. The van der Waals surface area contributed by atoms with E-state index in [9.17, 15) is 15.2 Å². The largest absolute Gasteiger partial charge is 0.396 e. The summed E-state index contributed by atoms with van der Waals surface area (Å²) in [4.78, 5) is 10.4. The van der Waals surface area contributed by atoms with Gasteiger partial charge in [-0.15, -0.1) is 0 Å². The molecule has 1 aromatic rings. The van der Waals surface area contributed by atoms with Crippen LogP contribution in [0.2, 0.25) is 0 Å². The van der Waals surface area contributed by atoms with Gasteiger partial charge in [0.1, 0.15) is 5.69 Å². The van der Waals surface area contributed by atoms with E-state index in [1.54, 1.807) is 18.2 Å². The first-order chi connectivity index (χ1) is 8.17. The third-order valence-electron chi connectivity index (χ3n) is 3.50. The van der Waals surface area contributed by atoms with Gasteiger partial charge in [-0.1, -0.05) is 18.6 Å². The molecular formula is C12H16N2O3. The van der Waals surface area contributed by atoms with Crippen LogP contribution in [0.1, 0.15) is 19.3 Å². The Labute approximate surface area is 99.6 Å². The third kappa shape index (κ3) is 2.39. The highest BCUT2D eigenvalue weighted by Crippen LogP contribution is 2.40. The molecule has 0 spiro atoms. The Morgan fingerprint density at radius 3 is 2.65 bits per heavy atom. The second kappa shape index (κ2) is 4.71. The number of hydrogen-bond donors (Lipinski definition) is 2. The number of hydrogen-bond acceptors (Lipinski definition) is 4. The van der Waals surface area contributed by atoms with Crippen LogP contribution in [0.5, 0.6) is 0 Å². The van der Waals surface area contributed by atoms with Gasteiger partial charge in [0.2, 0.25) is 0 Å². The van der Waals surface area contributed by atoms with Gasteiger partial charge < -0.3 is 10.4 Å². The maximum Gasteiger partial charge on any atom is 0.292 e. The van der Waals surface area contributed by atoms with Crippen molar-refractivity contribution in [3.8, 4) is 0 Å². The van der Waals surface area contributed by atoms with Gasteiger partial charge in [-0.3, -0.25) is 10.1 Å². The smallest absolute Gasteiger partial charge is 0.292 e. The van der Waals surface area contributed by atoms with Crippen molar-refractivity contribution >= 4 is 11.4 Å². The number of anilines is 1. The maximum absolute atomic E-state index is 10.8. The molecule has 1 aromatic carbocycles. The summed E-state index contributed by atoms with van der Waals surface area (Å²) in [6.07, 6.45) is 3.09. The topological polar surface area (TPSA) is 75.4 Å². The quantitative estimate of drug-likeness (QED) is 0.607. The van der Waals surface area contributed by atoms with Crippen LogP contribution in [0.15, 0.2) is 24.3 Å². The number of nitro groups is 1. The lowest BCUT2D eigenvalue weighted by molar-refractivity contribution is -0.384. The van der Waals surface area contributed by atoms with Crippen LogP contribution in [-0.2, 0) is 0 Å². The molecule has 5 heteroatoms. The van der Waals surface area contributed by atoms with Crippen molar-refractivity contribution in [1.29, 1.82) is 0 Å². The van der Waals surface area contributed by atoms with Crippen molar-refractivity contribution in [3.63, 3.8) is 0 Å². The molecule has 0 aromatic heterocycles. The van der Waals surface area contributed by atoms with Crippen LogP contribution in [0.3, 0.4) is 0 Å². The summed E-state index contributed by atoms with van der Waals surface area (Å²) in [6.45, 7) is 0.731. The zero-order chi connectivity index (χ0) is 12.3. The van der Waals surface area contributed by atoms with E-state index in [4.69, 9.17) is 0 Å². The molecule has 1 saturated carbocycles. The molecule has 2 rings (SSSR count). The molecular weight excluding hydrogens is 220 g/mol. The number of aliphatic hydroxyl groups excluding tert-OH is 1. The minimum atomic E-state index is -0.394. The summed E-state index contributed by atoms with van der Waals surface area (Å²) in [7, 11) is 0. The van der Waals surface area contributed by atoms with Crippen molar-refractivity contribution in [1.82, 2.24) is 0 Å². The molecule has 0 amide bonds. The van der Waals surface area contributed by atoms with Crippen LogP contribution < -0.4 is 5.32 Å². The minimum Gasteiger partial charge on any atom is -0.396 e. The molecule has 92 valence electrons. The van der Waals surface area contributed by atoms with Gasteiger partial charge in [0.05, 0.1) is 11.5 Å². The van der Waals surface area contributed by atoms with E-state index in [0.29, 0.717) is 12.2 Å². The Morgan fingerprint density at radius 2 is 2.12 bits per heavy atom. The summed E-state index contributed by atoms with van der Waals surface area (Å²) >= 11 is 0. The predicted molar refractivity (Wildman–Crippen MR) is 65.0 cm³/mol. The van der Waals surface area contributed by atoms with Crippen LogP contribution >= 0.6 is 0 Å². The lowest BCUT2D eigenvalue weighted by Gasteiger charge is -2.40. The molecule has 1 aliphatic rings. The van der Waals surface area contributed by atoms with Crippen LogP contribution in [0, 0.1) is 15.5 Å². The Bertz CT molecular complexity index is 410. The fourth-order valence-electron chi connectivity index (χ4n) is 2.13. The Balaban J connectivity index is 2.06. The van der Waals surface area contributed by atoms with Gasteiger partial charge in [-0.25, -0.2) is 0 Å². The lowest BCUT2D eigenvalue weighted by Crippen LogP contribution is -2.39. The van der Waals surface area contributed by atoms with Crippen molar-refractivity contribution < 1.29 is 10.0 Å². The highest BCUT2D eigenvalue weighted by molar-refractivity contribution is 5.61. The molecule has 0 saturated heterocycles. The van der Waals surface area contributed by atoms with E-state index >= 15 is 0 Å². The maximum atomic E-state index is 10.8. The second-order valence-corrected chi connectivity index (χ2v) is 4.64. The molecule has 2 N–H and O–H groups in total. The van der Waals surface area contributed by atoms with Crippen molar-refractivity contribution in [3.05, 3.63) is 34.4 Å². The average Bonchev–Trinajstić information content (AvgIpc) is 2.28. The summed E-state index contributed by atoms with van der Waals surface area (Å²) in [6, 6.07) is 6.59. The van der Waals surface area contributed by atoms with Crippen LogP contribution in [-0.4, -0.2) is 23.2 Å². The van der Waals surface area contributed by atoms with Crippen molar-refractivity contribution in [2.45, 2.75) is 19.3 Å². The van der Waals surface area contributed by atoms with Crippen molar-refractivity contribution in [2.24, 2.45) is 5.41 Å². The van der Waals surface area contributed by atoms with E-state index in [-0.39, 0.29) is 17.7 Å². The van der Waals surface area contributed by atoms with Gasteiger partial charge in [-0.05, 0) is 18.9 Å². The first-order valence-electron chi connectivity index (χ1n) is 5.75. The molecule has 17 heavy (non-hydrogen) atoms. The standard InChI is InChI=1S/C12H16N2O3/c15-9-12(6-3-7-12)8-13-10-4-1-2-5-11(10)14(16)17/h1-2,4-5,13,15H,3,6-9H2. The van der Waals surface area contributed by atoms with Crippen LogP contribution in [0.25, 0.3) is 0 Å². The number of rotatable bonds is 5. The second-order valence-electron chi connectivity index (χ2n) is 4.64. The molecule has 1 fully saturated rings. The summed E-state index contributed by atoms with van der Waals surface area (Å²) in [5, 5.41) is 23.2. The van der Waals surface area contributed by atoms with E-state index in [1.807, 2.05) is 0 Å². The van der Waals surface area contributed by atoms with Gasteiger partial charge in [0.15, 0.2) is 0 Å². The first kappa shape index (κ1) is 11.9.